The lowest BCUT2D eigenvalue weighted by Crippen LogP contribution is -2.42. The van der Waals surface area contributed by atoms with Crippen LogP contribution < -0.4 is 10.1 Å². The van der Waals surface area contributed by atoms with Gasteiger partial charge in [-0.1, -0.05) is 30.3 Å². The van der Waals surface area contributed by atoms with Crippen molar-refractivity contribution in [2.24, 2.45) is 4.99 Å². The Hall–Kier alpha value is -2.41. The van der Waals surface area contributed by atoms with Crippen molar-refractivity contribution in [1.82, 2.24) is 10.2 Å². The van der Waals surface area contributed by atoms with E-state index >= 15 is 0 Å². The molecule has 5 nitrogen and oxygen atoms in total. The molecule has 0 aliphatic rings. The molecule has 0 aliphatic heterocycles. The van der Waals surface area contributed by atoms with Crippen LogP contribution in [0, 0.1) is 5.82 Å². The molecule has 1 atom stereocenters. The summed E-state index contributed by atoms with van der Waals surface area (Å²) in [5.74, 6) is 2.17. The molecule has 27 heavy (non-hydrogen) atoms. The molecule has 0 heterocycles. The molecule has 146 valence electrons. The number of guanidine groups is 1. The molecule has 0 spiro atoms. The lowest BCUT2D eigenvalue weighted by atomic mass is 10.2. The fourth-order valence-corrected chi connectivity index (χ4v) is 3.47. The predicted octanol–water partition coefficient (Wildman–Crippen LogP) is 2.66. The van der Waals surface area contributed by atoms with Crippen molar-refractivity contribution in [3.8, 4) is 5.75 Å². The number of nitrogens with one attached hydrogen (secondary N) is 1. The number of hydrogen-bond donors (Lipinski definition) is 1. The van der Waals surface area contributed by atoms with Gasteiger partial charge < -0.3 is 15.0 Å². The van der Waals surface area contributed by atoms with E-state index in [4.69, 9.17) is 4.74 Å². The fourth-order valence-electron chi connectivity index (χ4n) is 2.43. The van der Waals surface area contributed by atoms with Crippen LogP contribution in [0.5, 0.6) is 5.75 Å². The molecule has 0 bridgehead atoms. The van der Waals surface area contributed by atoms with Gasteiger partial charge in [-0.2, -0.15) is 0 Å². The Morgan fingerprint density at radius 2 is 1.89 bits per heavy atom. The quantitative estimate of drug-likeness (QED) is 0.527. The highest BCUT2D eigenvalue weighted by atomic mass is 32.2. The molecule has 1 unspecified atom stereocenters. The zero-order valence-corrected chi connectivity index (χ0v) is 16.5. The van der Waals surface area contributed by atoms with Gasteiger partial charge in [0, 0.05) is 42.9 Å². The molecular formula is C20H26FN3O2S. The van der Waals surface area contributed by atoms with E-state index in [1.807, 2.05) is 42.3 Å². The summed E-state index contributed by atoms with van der Waals surface area (Å²) in [6, 6.07) is 15.8. The number of hydrogen-bond acceptors (Lipinski definition) is 3. The van der Waals surface area contributed by atoms with Crippen molar-refractivity contribution in [2.45, 2.75) is 5.75 Å². The van der Waals surface area contributed by atoms with Crippen molar-refractivity contribution in [1.29, 1.82) is 0 Å². The van der Waals surface area contributed by atoms with Gasteiger partial charge in [-0.05, 0) is 29.8 Å². The number of nitrogens with zero attached hydrogens (tertiary/aromatic N) is 2. The summed E-state index contributed by atoms with van der Waals surface area (Å²) in [5, 5.41) is 3.22. The molecule has 2 aromatic carbocycles. The second-order valence-corrected chi connectivity index (χ2v) is 7.55. The normalized spacial score (nSPS) is 12.5. The highest BCUT2D eigenvalue weighted by Gasteiger charge is 2.07. The fraction of sp³-hybridized carbons (Fsp3) is 0.350. The van der Waals surface area contributed by atoms with E-state index in [9.17, 15) is 8.60 Å². The Balaban J connectivity index is 1.67. The summed E-state index contributed by atoms with van der Waals surface area (Å²) < 4.78 is 30.6. The third-order valence-corrected chi connectivity index (χ3v) is 5.18. The zero-order valence-electron chi connectivity index (χ0n) is 15.7. The Bertz CT molecular complexity index is 739. The lowest BCUT2D eigenvalue weighted by molar-refractivity contribution is 0.281. The van der Waals surface area contributed by atoms with Crippen molar-refractivity contribution < 1.29 is 13.3 Å². The first kappa shape index (κ1) is 20.9. The molecule has 0 saturated carbocycles. The number of rotatable bonds is 9. The minimum absolute atomic E-state index is 0.284. The first-order valence-electron chi connectivity index (χ1n) is 8.77. The molecule has 0 aliphatic carbocycles. The van der Waals surface area contributed by atoms with Crippen molar-refractivity contribution in [3.05, 3.63) is 66.0 Å². The molecule has 0 amide bonds. The van der Waals surface area contributed by atoms with Gasteiger partial charge >= 0.3 is 0 Å². The maximum atomic E-state index is 12.9. The molecule has 7 heteroatoms. The zero-order chi connectivity index (χ0) is 19.5. The predicted molar refractivity (Wildman–Crippen MR) is 109 cm³/mol. The van der Waals surface area contributed by atoms with Crippen LogP contribution in [0.2, 0.25) is 0 Å². The van der Waals surface area contributed by atoms with E-state index in [0.717, 1.165) is 11.5 Å². The summed E-state index contributed by atoms with van der Waals surface area (Å²) >= 11 is 0. The monoisotopic (exact) mass is 391 g/mol. The molecule has 0 radical (unpaired) electrons. The number of halogens is 1. The first-order chi connectivity index (χ1) is 13.1. The van der Waals surface area contributed by atoms with Gasteiger partial charge in [0.25, 0.3) is 0 Å². The van der Waals surface area contributed by atoms with Crippen molar-refractivity contribution in [2.75, 3.05) is 39.5 Å². The number of benzene rings is 2. The van der Waals surface area contributed by atoms with Gasteiger partial charge in [-0.15, -0.1) is 0 Å². The van der Waals surface area contributed by atoms with Crippen LogP contribution in [-0.2, 0) is 16.6 Å². The Morgan fingerprint density at radius 1 is 1.19 bits per heavy atom. The molecule has 2 aromatic rings. The van der Waals surface area contributed by atoms with Gasteiger partial charge in [-0.25, -0.2) is 4.39 Å². The summed E-state index contributed by atoms with van der Waals surface area (Å²) in [6.07, 6.45) is 0. The third kappa shape index (κ3) is 7.78. The highest BCUT2D eigenvalue weighted by molar-refractivity contribution is 7.84. The maximum absolute atomic E-state index is 12.9. The van der Waals surface area contributed by atoms with Crippen LogP contribution in [0.25, 0.3) is 0 Å². The molecule has 0 aromatic heterocycles. The molecule has 2 rings (SSSR count). The Morgan fingerprint density at radius 3 is 2.56 bits per heavy atom. The summed E-state index contributed by atoms with van der Waals surface area (Å²) in [6.45, 7) is 1.64. The van der Waals surface area contributed by atoms with E-state index in [1.54, 1.807) is 19.2 Å². The minimum atomic E-state index is -0.926. The topological polar surface area (TPSA) is 53.9 Å². The van der Waals surface area contributed by atoms with Crippen LogP contribution in [-0.4, -0.2) is 54.6 Å². The summed E-state index contributed by atoms with van der Waals surface area (Å²) in [4.78, 5) is 6.17. The molecule has 0 saturated heterocycles. The first-order valence-corrected chi connectivity index (χ1v) is 10.3. The molecule has 0 fully saturated rings. The second kappa shape index (κ2) is 11.3. The van der Waals surface area contributed by atoms with Crippen LogP contribution in [0.1, 0.15) is 5.56 Å². The van der Waals surface area contributed by atoms with E-state index in [-0.39, 0.29) is 5.82 Å². The van der Waals surface area contributed by atoms with Gasteiger partial charge in [0.1, 0.15) is 18.2 Å². The summed E-state index contributed by atoms with van der Waals surface area (Å²) in [5.41, 5.74) is 1.08. The molecular weight excluding hydrogens is 365 g/mol. The second-order valence-electron chi connectivity index (χ2n) is 5.97. The van der Waals surface area contributed by atoms with E-state index < -0.39 is 10.8 Å². The van der Waals surface area contributed by atoms with Crippen LogP contribution >= 0.6 is 0 Å². The largest absolute Gasteiger partial charge is 0.492 e. The standard InChI is InChI=1S/C20H26FN3O2S/c1-22-20(23-12-15-27(25)16-17-6-4-3-5-7-17)24(2)13-14-26-19-10-8-18(21)9-11-19/h3-11H,12-16H2,1-2H3,(H,22,23). The van der Waals surface area contributed by atoms with Gasteiger partial charge in [0.15, 0.2) is 5.96 Å². The van der Waals surface area contributed by atoms with Gasteiger partial charge in [-0.3, -0.25) is 9.20 Å². The van der Waals surface area contributed by atoms with Crippen molar-refractivity contribution >= 4 is 16.8 Å². The maximum Gasteiger partial charge on any atom is 0.193 e. The SMILES string of the molecule is CN=C(NCCS(=O)Cc1ccccc1)N(C)CCOc1ccc(F)cc1. The smallest absolute Gasteiger partial charge is 0.193 e. The number of aliphatic imine (C=N–C) groups is 1. The van der Waals surface area contributed by atoms with Crippen LogP contribution in [0.4, 0.5) is 4.39 Å². The lowest BCUT2D eigenvalue weighted by Gasteiger charge is -2.22. The average molecular weight is 392 g/mol. The van der Waals surface area contributed by atoms with Gasteiger partial charge in [0.2, 0.25) is 0 Å². The highest BCUT2D eigenvalue weighted by Crippen LogP contribution is 2.10. The average Bonchev–Trinajstić information content (AvgIpc) is 2.67. The number of likely N-dealkylation sites (N-methyl/N-ethyl adjacent to an activating group) is 1. The summed E-state index contributed by atoms with van der Waals surface area (Å²) in [7, 11) is 2.69. The Labute approximate surface area is 162 Å². The van der Waals surface area contributed by atoms with E-state index in [2.05, 4.69) is 10.3 Å². The minimum Gasteiger partial charge on any atom is -0.492 e. The molecule has 1 N–H and O–H groups in total. The van der Waals surface area contributed by atoms with E-state index in [1.165, 1.54) is 12.1 Å². The third-order valence-electron chi connectivity index (χ3n) is 3.87. The van der Waals surface area contributed by atoms with Crippen LogP contribution in [0.15, 0.2) is 59.6 Å². The van der Waals surface area contributed by atoms with Gasteiger partial charge in [0.05, 0.1) is 6.54 Å². The van der Waals surface area contributed by atoms with Crippen LogP contribution in [0.3, 0.4) is 0 Å². The Kier molecular flexibility index (Phi) is 8.77. The van der Waals surface area contributed by atoms with E-state index in [0.29, 0.717) is 37.0 Å². The van der Waals surface area contributed by atoms with Crippen molar-refractivity contribution in [3.63, 3.8) is 0 Å². The number of ether oxygens (including phenoxy) is 1.